The topological polar surface area (TPSA) is 122 Å². The highest BCUT2D eigenvalue weighted by atomic mass is 19.4. The molecular weight excluding hydrogens is 524 g/mol. The maximum Gasteiger partial charge on any atom is 0.423 e. The van der Waals surface area contributed by atoms with Crippen molar-refractivity contribution in [2.45, 2.75) is 50.7 Å². The van der Waals surface area contributed by atoms with Crippen LogP contribution in [-0.2, 0) is 23.7 Å². The van der Waals surface area contributed by atoms with E-state index in [9.17, 15) is 31.1 Å². The number of hydrogen-bond donors (Lipinski definition) is 2. The molecule has 1 aliphatic rings. The predicted molar refractivity (Wildman–Crippen MR) is 120 cm³/mol. The number of piperidine rings is 1. The number of H-pyrrole nitrogens is 1. The Balaban J connectivity index is 1.25. The summed E-state index contributed by atoms with van der Waals surface area (Å²) in [5.74, 6) is 1.09. The molecule has 3 aromatic heterocycles. The highest BCUT2D eigenvalue weighted by molar-refractivity contribution is 5.50. The van der Waals surface area contributed by atoms with Crippen molar-refractivity contribution in [2.24, 2.45) is 0 Å². The molecule has 1 fully saturated rings. The maximum atomic E-state index is 13.2. The summed E-state index contributed by atoms with van der Waals surface area (Å²) in [5.41, 5.74) is -3.99. The summed E-state index contributed by atoms with van der Waals surface area (Å²) >= 11 is 0. The average molecular weight is 547 g/mol. The van der Waals surface area contributed by atoms with Gasteiger partial charge in [0.05, 0.1) is 24.1 Å². The van der Waals surface area contributed by atoms with E-state index in [1.807, 2.05) is 4.90 Å². The third kappa shape index (κ3) is 6.59. The summed E-state index contributed by atoms with van der Waals surface area (Å²) in [6.45, 7) is 2.56. The average Bonchev–Trinajstić information content (AvgIpc) is 3.32. The number of ether oxygens (including phenoxy) is 1. The monoisotopic (exact) mass is 547 g/mol. The minimum atomic E-state index is -4.86. The Morgan fingerprint density at radius 1 is 1.16 bits per heavy atom. The second-order valence-electron chi connectivity index (χ2n) is 8.76. The van der Waals surface area contributed by atoms with Crippen LogP contribution in [0.2, 0.25) is 0 Å². The normalized spacial score (nSPS) is 16.0. The Bertz CT molecular complexity index is 1270. The van der Waals surface area contributed by atoms with Gasteiger partial charge in [-0.25, -0.2) is 10.1 Å². The number of nitrogens with one attached hydrogen (secondary N) is 2. The molecule has 0 aromatic carbocycles. The lowest BCUT2D eigenvalue weighted by molar-refractivity contribution is -0.138. The fourth-order valence-electron chi connectivity index (χ4n) is 4.02. The number of aromatic amines is 1. The molecule has 0 spiro atoms. The minimum absolute atomic E-state index is 0.0248. The maximum absolute atomic E-state index is 13.2. The van der Waals surface area contributed by atoms with Gasteiger partial charge in [-0.2, -0.15) is 36.4 Å². The number of anilines is 2. The first-order valence-electron chi connectivity index (χ1n) is 11.5. The highest BCUT2D eigenvalue weighted by Gasteiger charge is 2.37. The Labute approximate surface area is 211 Å². The second kappa shape index (κ2) is 11.0. The Morgan fingerprint density at radius 3 is 2.53 bits per heavy atom. The zero-order valence-electron chi connectivity index (χ0n) is 19.9. The molecule has 4 rings (SSSR count). The molecule has 1 unspecified atom stereocenters. The van der Waals surface area contributed by atoms with Gasteiger partial charge in [0.25, 0.3) is 11.4 Å². The zero-order chi connectivity index (χ0) is 27.5. The molecule has 16 heteroatoms. The van der Waals surface area contributed by atoms with E-state index < -0.39 is 40.8 Å². The lowest BCUT2D eigenvalue weighted by atomic mass is 9.96. The van der Waals surface area contributed by atoms with Crippen molar-refractivity contribution in [3.8, 4) is 0 Å². The largest absolute Gasteiger partial charge is 0.423 e. The molecule has 1 aliphatic heterocycles. The number of alkyl halides is 6. The fourth-order valence-corrected chi connectivity index (χ4v) is 4.02. The van der Waals surface area contributed by atoms with Crippen molar-refractivity contribution in [1.29, 1.82) is 0 Å². The number of halogens is 6. The number of rotatable bonds is 8. The molecule has 1 atom stereocenters. The standard InChI is InChI=1S/C22H23F6N7O3/c1-12(31-15-9-30-33-20(36)18(15)22(26,27)28)10-37-11-17-32-19(34-38-17)13-4-6-35(7-5-13)16-3-2-14(8-29-16)21(23,24)25/h2-3,8-9,12-13H,4-7,10-11H2,1H3,(H2,31,33,36). The number of nitrogens with zero attached hydrogens (tertiary/aromatic N) is 5. The van der Waals surface area contributed by atoms with Crippen LogP contribution in [0.3, 0.4) is 0 Å². The third-order valence-electron chi connectivity index (χ3n) is 5.88. The molecule has 1 saturated heterocycles. The van der Waals surface area contributed by atoms with Crippen LogP contribution in [0.15, 0.2) is 33.8 Å². The van der Waals surface area contributed by atoms with E-state index in [4.69, 9.17) is 9.26 Å². The zero-order valence-corrected chi connectivity index (χ0v) is 19.9. The van der Waals surface area contributed by atoms with E-state index in [2.05, 4.69) is 25.5 Å². The molecule has 3 aromatic rings. The third-order valence-corrected chi connectivity index (χ3v) is 5.88. The minimum Gasteiger partial charge on any atom is -0.378 e. The molecule has 0 aliphatic carbocycles. The summed E-state index contributed by atoms with van der Waals surface area (Å²) in [4.78, 5) is 21.7. The van der Waals surface area contributed by atoms with E-state index in [0.717, 1.165) is 18.5 Å². The smallest absolute Gasteiger partial charge is 0.378 e. The van der Waals surface area contributed by atoms with Crippen LogP contribution in [0.1, 0.15) is 48.5 Å². The van der Waals surface area contributed by atoms with Gasteiger partial charge in [0.15, 0.2) is 5.82 Å². The molecule has 4 heterocycles. The molecule has 38 heavy (non-hydrogen) atoms. The Hall–Kier alpha value is -3.69. The molecular formula is C22H23F6N7O3. The Kier molecular flexibility index (Phi) is 7.89. The van der Waals surface area contributed by atoms with Gasteiger partial charge in [-0.05, 0) is 31.9 Å². The molecule has 0 bridgehead atoms. The summed E-state index contributed by atoms with van der Waals surface area (Å²) < 4.78 is 88.4. The van der Waals surface area contributed by atoms with Crippen LogP contribution < -0.4 is 15.8 Å². The highest BCUT2D eigenvalue weighted by Crippen LogP contribution is 2.33. The van der Waals surface area contributed by atoms with Gasteiger partial charge in [0, 0.05) is 31.2 Å². The fraction of sp³-hybridized carbons (Fsp3) is 0.500. The molecule has 2 N–H and O–H groups in total. The number of aromatic nitrogens is 5. The van der Waals surface area contributed by atoms with Crippen LogP contribution in [0, 0.1) is 0 Å². The summed E-state index contributed by atoms with van der Waals surface area (Å²) in [6.07, 6.45) is -6.34. The summed E-state index contributed by atoms with van der Waals surface area (Å²) in [6, 6.07) is 1.74. The second-order valence-corrected chi connectivity index (χ2v) is 8.76. The van der Waals surface area contributed by atoms with Gasteiger partial charge in [-0.1, -0.05) is 5.16 Å². The SMILES string of the molecule is CC(COCc1nc(C2CCN(c3ccc(C(F)(F)F)cn3)CC2)no1)Nc1cn[nH]c(=O)c1C(F)(F)F. The van der Waals surface area contributed by atoms with Crippen LogP contribution in [0.5, 0.6) is 0 Å². The van der Waals surface area contributed by atoms with Crippen molar-refractivity contribution in [3.63, 3.8) is 0 Å². The van der Waals surface area contributed by atoms with Crippen LogP contribution in [0.4, 0.5) is 37.8 Å². The van der Waals surface area contributed by atoms with Crippen molar-refractivity contribution < 1.29 is 35.6 Å². The van der Waals surface area contributed by atoms with Crippen LogP contribution in [0.25, 0.3) is 0 Å². The molecule has 206 valence electrons. The quantitative estimate of drug-likeness (QED) is 0.403. The molecule has 10 nitrogen and oxygen atoms in total. The predicted octanol–water partition coefficient (Wildman–Crippen LogP) is 3.99. The first kappa shape index (κ1) is 27.3. The first-order chi connectivity index (χ1) is 17.9. The van der Waals surface area contributed by atoms with Crippen molar-refractivity contribution in [2.75, 3.05) is 29.9 Å². The molecule has 0 saturated carbocycles. The van der Waals surface area contributed by atoms with E-state index in [1.165, 1.54) is 6.07 Å². The lowest BCUT2D eigenvalue weighted by Crippen LogP contribution is -2.33. The molecule has 0 amide bonds. The Morgan fingerprint density at radius 2 is 1.89 bits per heavy atom. The van der Waals surface area contributed by atoms with Crippen molar-refractivity contribution in [1.82, 2.24) is 25.3 Å². The van der Waals surface area contributed by atoms with Gasteiger partial charge in [0.1, 0.15) is 18.0 Å². The number of pyridine rings is 1. The lowest BCUT2D eigenvalue weighted by Gasteiger charge is -2.31. The molecule has 0 radical (unpaired) electrons. The van der Waals surface area contributed by atoms with Crippen LogP contribution in [-0.4, -0.2) is 51.1 Å². The van der Waals surface area contributed by atoms with E-state index in [-0.39, 0.29) is 25.0 Å². The van der Waals surface area contributed by atoms with Crippen molar-refractivity contribution >= 4 is 11.5 Å². The van der Waals surface area contributed by atoms with E-state index in [1.54, 1.807) is 12.0 Å². The van der Waals surface area contributed by atoms with Gasteiger partial charge in [-0.3, -0.25) is 4.79 Å². The van der Waals surface area contributed by atoms with Gasteiger partial charge in [-0.15, -0.1) is 0 Å². The first-order valence-corrected chi connectivity index (χ1v) is 11.5. The van der Waals surface area contributed by atoms with E-state index in [0.29, 0.717) is 37.6 Å². The van der Waals surface area contributed by atoms with Gasteiger partial charge < -0.3 is 19.5 Å². The van der Waals surface area contributed by atoms with Crippen LogP contribution >= 0.6 is 0 Å². The summed E-state index contributed by atoms with van der Waals surface area (Å²) in [5, 5.41) is 11.7. The van der Waals surface area contributed by atoms with Gasteiger partial charge in [0.2, 0.25) is 0 Å². The summed E-state index contributed by atoms with van der Waals surface area (Å²) in [7, 11) is 0. The van der Waals surface area contributed by atoms with E-state index >= 15 is 0 Å². The van der Waals surface area contributed by atoms with Gasteiger partial charge >= 0.3 is 12.4 Å². The number of hydrogen-bond acceptors (Lipinski definition) is 9. The van der Waals surface area contributed by atoms with Crippen molar-refractivity contribution in [3.05, 3.63) is 57.7 Å².